The highest BCUT2D eigenvalue weighted by atomic mass is 16.7. The van der Waals surface area contributed by atoms with Gasteiger partial charge < -0.3 is 29.5 Å². The smallest absolute Gasteiger partial charge is 0.407 e. The van der Waals surface area contributed by atoms with Crippen LogP contribution in [0.1, 0.15) is 60.3 Å². The number of aliphatic hydroxyl groups excluding tert-OH is 1. The molecule has 3 atom stereocenters. The van der Waals surface area contributed by atoms with Gasteiger partial charge in [-0.25, -0.2) is 4.79 Å². The summed E-state index contributed by atoms with van der Waals surface area (Å²) in [4.78, 5) is 14.2. The molecule has 4 rings (SSSR count). The molecule has 188 valence electrons. The molecule has 0 aromatic heterocycles. The van der Waals surface area contributed by atoms with Crippen LogP contribution in [0.2, 0.25) is 0 Å². The van der Waals surface area contributed by atoms with Crippen molar-refractivity contribution in [1.29, 1.82) is 0 Å². The summed E-state index contributed by atoms with van der Waals surface area (Å²) in [6.07, 6.45) is 5.16. The Kier molecular flexibility index (Phi) is 9.31. The highest BCUT2D eigenvalue weighted by Crippen LogP contribution is 2.38. The van der Waals surface area contributed by atoms with Crippen molar-refractivity contribution in [3.05, 3.63) is 83.4 Å². The van der Waals surface area contributed by atoms with Gasteiger partial charge in [0.15, 0.2) is 6.29 Å². The zero-order chi connectivity index (χ0) is 24.5. The van der Waals surface area contributed by atoms with Crippen LogP contribution >= 0.6 is 0 Å². The first kappa shape index (κ1) is 25.4. The third-order valence-electron chi connectivity index (χ3n) is 6.55. The van der Waals surface area contributed by atoms with E-state index in [1.807, 2.05) is 48.5 Å². The van der Waals surface area contributed by atoms with Crippen LogP contribution in [0.15, 0.2) is 61.2 Å². The Morgan fingerprint density at radius 3 is 2.40 bits per heavy atom. The minimum absolute atomic E-state index is 0.0301. The quantitative estimate of drug-likeness (QED) is 0.510. The predicted molar refractivity (Wildman–Crippen MR) is 134 cm³/mol. The number of carbonyl (C=O) groups excluding carboxylic acids is 1. The van der Waals surface area contributed by atoms with Gasteiger partial charge in [0, 0.05) is 25.1 Å². The van der Waals surface area contributed by atoms with Crippen LogP contribution in [0.3, 0.4) is 0 Å². The first-order valence-electron chi connectivity index (χ1n) is 12.5. The number of nitrogens with one attached hydrogen (secondary N) is 1. The lowest BCUT2D eigenvalue weighted by molar-refractivity contribution is -0.253. The lowest BCUT2D eigenvalue weighted by atomic mass is 9.99. The number of aliphatic hydroxyl groups is 1. The number of rotatable bonds is 9. The Hall–Kier alpha value is -2.71. The molecule has 2 aromatic carbocycles. The van der Waals surface area contributed by atoms with Crippen LogP contribution in [0.5, 0.6) is 0 Å². The molecule has 2 fully saturated rings. The number of hydrogen-bond donors (Lipinski definition) is 2. The molecule has 2 aliphatic rings. The summed E-state index contributed by atoms with van der Waals surface area (Å²) in [5.74, 6) is 0. The highest BCUT2D eigenvalue weighted by Gasteiger charge is 2.33. The fraction of sp³-hybridized carbons (Fsp3) is 0.464. The van der Waals surface area contributed by atoms with Gasteiger partial charge in [-0.05, 0) is 42.6 Å². The number of hydrogen-bond acceptors (Lipinski definition) is 6. The van der Waals surface area contributed by atoms with E-state index in [2.05, 4.69) is 16.8 Å². The molecule has 0 spiro atoms. The van der Waals surface area contributed by atoms with Crippen LogP contribution in [0, 0.1) is 0 Å². The lowest BCUT2D eigenvalue weighted by Crippen LogP contribution is -2.41. The van der Waals surface area contributed by atoms with Crippen LogP contribution in [0.25, 0.3) is 0 Å². The van der Waals surface area contributed by atoms with E-state index in [0.717, 1.165) is 48.3 Å². The topological polar surface area (TPSA) is 80.3 Å². The molecule has 1 amide bonds. The second-order valence-electron chi connectivity index (χ2n) is 9.19. The van der Waals surface area contributed by atoms with Gasteiger partial charge in [0.05, 0.1) is 18.8 Å². The van der Waals surface area contributed by atoms with Gasteiger partial charge in [-0.15, -0.1) is 0 Å². The maximum absolute atomic E-state index is 11.7. The van der Waals surface area contributed by atoms with Crippen LogP contribution in [-0.2, 0) is 27.4 Å². The minimum Gasteiger partial charge on any atom is -0.445 e. The third kappa shape index (κ3) is 7.39. The summed E-state index contributed by atoms with van der Waals surface area (Å²) in [7, 11) is 0. The molecular formula is C28H36N2O5. The van der Waals surface area contributed by atoms with Crippen molar-refractivity contribution >= 4 is 6.09 Å². The van der Waals surface area contributed by atoms with Crippen molar-refractivity contribution in [1.82, 2.24) is 10.2 Å². The molecule has 0 saturated carbocycles. The molecule has 7 heteroatoms. The van der Waals surface area contributed by atoms with E-state index in [4.69, 9.17) is 14.2 Å². The average Bonchev–Trinajstić information content (AvgIpc) is 2.91. The van der Waals surface area contributed by atoms with Crippen LogP contribution in [0.4, 0.5) is 4.79 Å². The molecule has 2 saturated heterocycles. The Morgan fingerprint density at radius 2 is 1.71 bits per heavy atom. The summed E-state index contributed by atoms with van der Waals surface area (Å²) in [6, 6.07) is 15.9. The number of nitrogens with zero attached hydrogens (tertiary/aromatic N) is 1. The van der Waals surface area contributed by atoms with Crippen LogP contribution < -0.4 is 5.32 Å². The fourth-order valence-electron chi connectivity index (χ4n) is 4.62. The van der Waals surface area contributed by atoms with Gasteiger partial charge in [0.2, 0.25) is 0 Å². The number of piperidine rings is 1. The minimum atomic E-state index is -0.472. The Morgan fingerprint density at radius 1 is 1.03 bits per heavy atom. The molecule has 7 nitrogen and oxygen atoms in total. The van der Waals surface area contributed by atoms with E-state index in [0.29, 0.717) is 6.54 Å². The molecule has 2 N–H and O–H groups in total. The molecule has 0 radical (unpaired) electrons. The molecular weight excluding hydrogens is 444 g/mol. The lowest BCUT2D eigenvalue weighted by Gasteiger charge is -2.39. The summed E-state index contributed by atoms with van der Waals surface area (Å²) in [5.41, 5.74) is 3.89. The van der Waals surface area contributed by atoms with Crippen molar-refractivity contribution < 1.29 is 24.1 Å². The van der Waals surface area contributed by atoms with Crippen molar-refractivity contribution in [2.45, 2.75) is 57.3 Å². The van der Waals surface area contributed by atoms with E-state index >= 15 is 0 Å². The van der Waals surface area contributed by atoms with Gasteiger partial charge in [-0.2, -0.15) is 0 Å². The summed E-state index contributed by atoms with van der Waals surface area (Å²) < 4.78 is 17.8. The van der Waals surface area contributed by atoms with Gasteiger partial charge in [-0.1, -0.05) is 67.6 Å². The number of carbonyl (C=O) groups is 1. The number of amides is 1. The third-order valence-corrected chi connectivity index (χ3v) is 6.55. The number of likely N-dealkylation sites (tertiary alicyclic amines) is 1. The van der Waals surface area contributed by atoms with E-state index < -0.39 is 12.4 Å². The number of benzene rings is 2. The molecule has 0 bridgehead atoms. The molecule has 2 heterocycles. The summed E-state index contributed by atoms with van der Waals surface area (Å²) in [5, 5.41) is 12.1. The number of ether oxygens (including phenoxy) is 3. The standard InChI is InChI=1S/C28H36N2O5/c1-2-16-33-28(32)29-18-21-6-12-24(13-7-21)27-34-25(19-30-14-4-3-5-15-30)17-26(35-27)23-10-8-22(20-31)9-11-23/h2,6-13,25-27,31H,1,3-5,14-20H2,(H,29,32)/t25-,26+,27+/m0/s1. The van der Waals surface area contributed by atoms with E-state index in [1.165, 1.54) is 25.3 Å². The molecule has 35 heavy (non-hydrogen) atoms. The molecule has 0 unspecified atom stereocenters. The maximum Gasteiger partial charge on any atom is 0.407 e. The van der Waals surface area contributed by atoms with Gasteiger partial charge in [0.1, 0.15) is 6.61 Å². The van der Waals surface area contributed by atoms with Crippen molar-refractivity contribution in [2.24, 2.45) is 0 Å². The molecule has 2 aliphatic heterocycles. The van der Waals surface area contributed by atoms with Crippen molar-refractivity contribution in [3.8, 4) is 0 Å². The second kappa shape index (κ2) is 12.8. The van der Waals surface area contributed by atoms with Gasteiger partial charge in [-0.3, -0.25) is 0 Å². The fourth-order valence-corrected chi connectivity index (χ4v) is 4.62. The van der Waals surface area contributed by atoms with Gasteiger partial charge in [0.25, 0.3) is 0 Å². The second-order valence-corrected chi connectivity index (χ2v) is 9.19. The molecule has 0 aliphatic carbocycles. The van der Waals surface area contributed by atoms with Crippen molar-refractivity contribution in [3.63, 3.8) is 0 Å². The zero-order valence-electron chi connectivity index (χ0n) is 20.2. The van der Waals surface area contributed by atoms with Crippen LogP contribution in [-0.4, -0.2) is 48.4 Å². The Labute approximate surface area is 207 Å². The van der Waals surface area contributed by atoms with E-state index in [-0.39, 0.29) is 25.4 Å². The largest absolute Gasteiger partial charge is 0.445 e. The molecule has 2 aromatic rings. The van der Waals surface area contributed by atoms with E-state index in [1.54, 1.807) is 0 Å². The van der Waals surface area contributed by atoms with Gasteiger partial charge >= 0.3 is 6.09 Å². The predicted octanol–water partition coefficient (Wildman–Crippen LogP) is 4.62. The maximum atomic E-state index is 11.7. The Balaban J connectivity index is 1.44. The normalized spacial score (nSPS) is 22.9. The zero-order valence-corrected chi connectivity index (χ0v) is 20.2. The van der Waals surface area contributed by atoms with Crippen molar-refractivity contribution in [2.75, 3.05) is 26.2 Å². The van der Waals surface area contributed by atoms with E-state index in [9.17, 15) is 9.90 Å². The summed E-state index contributed by atoms with van der Waals surface area (Å²) in [6.45, 7) is 7.27. The highest BCUT2D eigenvalue weighted by molar-refractivity contribution is 5.67. The number of alkyl carbamates (subject to hydrolysis) is 1. The monoisotopic (exact) mass is 480 g/mol. The average molecular weight is 481 g/mol. The summed E-state index contributed by atoms with van der Waals surface area (Å²) >= 11 is 0. The first-order valence-corrected chi connectivity index (χ1v) is 12.5. The SMILES string of the molecule is C=CCOC(=O)NCc1ccc([C@@H]2O[C@H](CN3CCCCC3)C[C@H](c3ccc(CO)cc3)O2)cc1. The Bertz CT molecular complexity index is 941. The first-order chi connectivity index (χ1) is 17.1.